The molecular formula is C17H19N5O3. The van der Waals surface area contributed by atoms with E-state index in [0.29, 0.717) is 35.8 Å². The normalized spacial score (nSPS) is 20.5. The number of amides is 1. The zero-order chi connectivity index (χ0) is 17.6. The number of hydrogen-bond donors (Lipinski definition) is 0. The summed E-state index contributed by atoms with van der Waals surface area (Å²) in [4.78, 5) is 19.0. The van der Waals surface area contributed by atoms with Crippen molar-refractivity contribution in [3.05, 3.63) is 47.6 Å². The molecule has 0 unspecified atom stereocenters. The van der Waals surface area contributed by atoms with Gasteiger partial charge < -0.3 is 14.1 Å². The third kappa shape index (κ3) is 2.58. The summed E-state index contributed by atoms with van der Waals surface area (Å²) in [6, 6.07) is 1.56. The average Bonchev–Trinajstić information content (AvgIpc) is 3.30. The van der Waals surface area contributed by atoms with Crippen LogP contribution in [0.15, 0.2) is 29.1 Å². The van der Waals surface area contributed by atoms with Crippen molar-refractivity contribution < 1.29 is 13.9 Å². The summed E-state index contributed by atoms with van der Waals surface area (Å²) in [5.41, 5.74) is 1.23. The van der Waals surface area contributed by atoms with Crippen LogP contribution in [-0.4, -0.2) is 50.1 Å². The van der Waals surface area contributed by atoms with Crippen molar-refractivity contribution >= 4 is 11.6 Å². The molecule has 0 saturated carbocycles. The fourth-order valence-electron chi connectivity index (χ4n) is 3.43. The van der Waals surface area contributed by atoms with Crippen molar-refractivity contribution in [1.82, 2.24) is 24.5 Å². The molecule has 0 bridgehead atoms. The lowest BCUT2D eigenvalue weighted by Gasteiger charge is -2.23. The third-order valence-electron chi connectivity index (χ3n) is 4.67. The van der Waals surface area contributed by atoms with Crippen LogP contribution >= 0.6 is 0 Å². The highest BCUT2D eigenvalue weighted by Gasteiger charge is 2.40. The Bertz CT molecular complexity index is 931. The Kier molecular flexibility index (Phi) is 3.76. The zero-order valence-corrected chi connectivity index (χ0v) is 14.3. The Labute approximate surface area is 144 Å². The molecule has 1 saturated heterocycles. The van der Waals surface area contributed by atoms with E-state index >= 15 is 0 Å². The van der Waals surface area contributed by atoms with Crippen LogP contribution in [0, 0.1) is 13.8 Å². The van der Waals surface area contributed by atoms with Gasteiger partial charge in [0.2, 0.25) is 0 Å². The number of methoxy groups -OCH3 is 1. The van der Waals surface area contributed by atoms with Crippen LogP contribution in [0.2, 0.25) is 0 Å². The molecular weight excluding hydrogens is 322 g/mol. The maximum absolute atomic E-state index is 13.1. The van der Waals surface area contributed by atoms with E-state index in [4.69, 9.17) is 9.15 Å². The summed E-state index contributed by atoms with van der Waals surface area (Å²) in [7, 11) is 1.66. The summed E-state index contributed by atoms with van der Waals surface area (Å²) < 4.78 is 12.9. The fraction of sp³-hybridized carbons (Fsp3) is 0.412. The van der Waals surface area contributed by atoms with Gasteiger partial charge in [-0.2, -0.15) is 0 Å². The Morgan fingerprint density at radius 3 is 2.92 bits per heavy atom. The minimum absolute atomic E-state index is 0.0450. The van der Waals surface area contributed by atoms with Gasteiger partial charge in [0.25, 0.3) is 5.91 Å². The van der Waals surface area contributed by atoms with Crippen molar-refractivity contribution in [2.24, 2.45) is 0 Å². The number of carbonyl (C=O) groups is 1. The van der Waals surface area contributed by atoms with Gasteiger partial charge in [0, 0.05) is 32.5 Å². The molecule has 4 rings (SSSR count). The number of aromatic nitrogens is 4. The van der Waals surface area contributed by atoms with Gasteiger partial charge in [0.05, 0.1) is 23.9 Å². The molecule has 1 aliphatic heterocycles. The molecule has 4 heterocycles. The molecule has 3 aromatic heterocycles. The van der Waals surface area contributed by atoms with Crippen molar-refractivity contribution in [1.29, 1.82) is 0 Å². The van der Waals surface area contributed by atoms with E-state index in [9.17, 15) is 4.79 Å². The van der Waals surface area contributed by atoms with E-state index in [2.05, 4.69) is 15.2 Å². The molecule has 3 aromatic rings. The minimum Gasteiger partial charge on any atom is -0.466 e. The summed E-state index contributed by atoms with van der Waals surface area (Å²) >= 11 is 0. The van der Waals surface area contributed by atoms with E-state index in [-0.39, 0.29) is 18.1 Å². The number of hydrogen-bond acceptors (Lipinski definition) is 6. The molecule has 8 heteroatoms. The number of fused-ring (bicyclic) bond motifs is 1. The van der Waals surface area contributed by atoms with Gasteiger partial charge in [-0.05, 0) is 19.9 Å². The topological polar surface area (TPSA) is 85.8 Å². The number of carbonyl (C=O) groups excluding carboxylic acids is 1. The molecule has 0 radical (unpaired) electrons. The first-order chi connectivity index (χ1) is 12.1. The van der Waals surface area contributed by atoms with E-state index in [1.165, 1.54) is 0 Å². The molecule has 2 atom stereocenters. The smallest absolute Gasteiger partial charge is 0.258 e. The second-order valence-corrected chi connectivity index (χ2v) is 6.26. The van der Waals surface area contributed by atoms with Crippen molar-refractivity contribution in [2.45, 2.75) is 32.4 Å². The second kappa shape index (κ2) is 5.96. The summed E-state index contributed by atoms with van der Waals surface area (Å²) in [6.45, 7) is 4.14. The summed E-state index contributed by atoms with van der Waals surface area (Å²) in [5, 5.41) is 8.46. The maximum Gasteiger partial charge on any atom is 0.258 e. The number of nitrogens with zero attached hydrogens (tertiary/aromatic N) is 5. The predicted octanol–water partition coefficient (Wildman–Crippen LogP) is 1.94. The number of likely N-dealkylation sites (tertiary alicyclic amines) is 1. The predicted molar refractivity (Wildman–Crippen MR) is 88.2 cm³/mol. The number of ether oxygens (including phenoxy) is 1. The minimum atomic E-state index is -0.218. The standard InChI is InChI=1S/C17H19N5O3/c1-10-6-13(11(2)25-10)17(23)22-9-12(24-3)7-14(22)16-20-19-15-8-18-4-5-21(15)16/h4-6,8,12,14H,7,9H2,1-3H3/t12-,14+/m1/s1. The van der Waals surface area contributed by atoms with Gasteiger partial charge in [0.1, 0.15) is 11.5 Å². The van der Waals surface area contributed by atoms with Gasteiger partial charge in [-0.25, -0.2) is 0 Å². The van der Waals surface area contributed by atoms with Crippen molar-refractivity contribution in [2.75, 3.05) is 13.7 Å². The molecule has 1 fully saturated rings. The molecule has 0 N–H and O–H groups in total. The summed E-state index contributed by atoms with van der Waals surface area (Å²) in [6.07, 6.45) is 5.76. The first-order valence-electron chi connectivity index (χ1n) is 8.14. The highest BCUT2D eigenvalue weighted by Crippen LogP contribution is 2.34. The van der Waals surface area contributed by atoms with Crippen LogP contribution in [0.25, 0.3) is 5.65 Å². The molecule has 130 valence electrons. The van der Waals surface area contributed by atoms with Gasteiger partial charge >= 0.3 is 0 Å². The SMILES string of the molecule is CO[C@@H]1C[C@@H](c2nnc3cnccn23)N(C(=O)c2cc(C)oc2C)C1. The zero-order valence-electron chi connectivity index (χ0n) is 14.3. The van der Waals surface area contributed by atoms with Crippen LogP contribution in [0.5, 0.6) is 0 Å². The fourth-order valence-corrected chi connectivity index (χ4v) is 3.43. The molecule has 8 nitrogen and oxygen atoms in total. The van der Waals surface area contributed by atoms with Gasteiger partial charge in [-0.1, -0.05) is 0 Å². The van der Waals surface area contributed by atoms with Crippen LogP contribution in [0.1, 0.15) is 40.2 Å². The average molecular weight is 341 g/mol. The molecule has 0 aliphatic carbocycles. The quantitative estimate of drug-likeness (QED) is 0.724. The first-order valence-corrected chi connectivity index (χ1v) is 8.14. The lowest BCUT2D eigenvalue weighted by molar-refractivity contribution is 0.0682. The Hall–Kier alpha value is -2.74. The highest BCUT2D eigenvalue weighted by atomic mass is 16.5. The molecule has 0 spiro atoms. The van der Waals surface area contributed by atoms with Crippen LogP contribution in [-0.2, 0) is 4.74 Å². The third-order valence-corrected chi connectivity index (χ3v) is 4.67. The van der Waals surface area contributed by atoms with E-state index in [1.807, 2.05) is 11.3 Å². The largest absolute Gasteiger partial charge is 0.466 e. The second-order valence-electron chi connectivity index (χ2n) is 6.26. The molecule has 1 aliphatic rings. The van der Waals surface area contributed by atoms with Crippen molar-refractivity contribution in [3.63, 3.8) is 0 Å². The van der Waals surface area contributed by atoms with Gasteiger partial charge in [0.15, 0.2) is 11.5 Å². The van der Waals surface area contributed by atoms with Gasteiger partial charge in [-0.3, -0.25) is 14.2 Å². The molecule has 1 amide bonds. The number of aryl methyl sites for hydroxylation is 2. The van der Waals surface area contributed by atoms with Crippen LogP contribution in [0.3, 0.4) is 0 Å². The Morgan fingerprint density at radius 1 is 1.36 bits per heavy atom. The van der Waals surface area contributed by atoms with Crippen LogP contribution in [0.4, 0.5) is 0 Å². The Balaban J connectivity index is 1.74. The lowest BCUT2D eigenvalue weighted by Crippen LogP contribution is -2.33. The molecule has 25 heavy (non-hydrogen) atoms. The van der Waals surface area contributed by atoms with Gasteiger partial charge in [-0.15, -0.1) is 10.2 Å². The van der Waals surface area contributed by atoms with E-state index < -0.39 is 0 Å². The van der Waals surface area contributed by atoms with Crippen LogP contribution < -0.4 is 0 Å². The lowest BCUT2D eigenvalue weighted by atomic mass is 10.1. The monoisotopic (exact) mass is 341 g/mol. The summed E-state index contributed by atoms with van der Waals surface area (Å²) in [5.74, 6) is 1.98. The van der Waals surface area contributed by atoms with E-state index in [0.717, 1.165) is 5.76 Å². The number of furan rings is 1. The highest BCUT2D eigenvalue weighted by molar-refractivity contribution is 5.95. The van der Waals surface area contributed by atoms with E-state index in [1.54, 1.807) is 43.6 Å². The Morgan fingerprint density at radius 2 is 2.20 bits per heavy atom. The van der Waals surface area contributed by atoms with Crippen molar-refractivity contribution in [3.8, 4) is 0 Å². The first kappa shape index (κ1) is 15.8. The molecule has 0 aromatic carbocycles. The maximum atomic E-state index is 13.1. The number of rotatable bonds is 3.